The maximum atomic E-state index is 12.1. The molecule has 0 spiro atoms. The molecule has 4 rings (SSSR count). The second-order valence-electron chi connectivity index (χ2n) is 6.80. The fourth-order valence-electron chi connectivity index (χ4n) is 3.34. The third kappa shape index (κ3) is 4.48. The SMILES string of the molecule is O=c1cc(-c2cccnc2)nc(-c2ccc(CN3CCCNCC3)cc2)[nH]1. The van der Waals surface area contributed by atoms with Gasteiger partial charge in [0.2, 0.25) is 0 Å². The van der Waals surface area contributed by atoms with E-state index >= 15 is 0 Å². The van der Waals surface area contributed by atoms with Crippen LogP contribution >= 0.6 is 0 Å². The van der Waals surface area contributed by atoms with Gasteiger partial charge in [0.1, 0.15) is 5.82 Å². The summed E-state index contributed by atoms with van der Waals surface area (Å²) < 4.78 is 0. The van der Waals surface area contributed by atoms with Gasteiger partial charge in [-0.25, -0.2) is 4.98 Å². The third-order valence-electron chi connectivity index (χ3n) is 4.77. The molecule has 3 heterocycles. The van der Waals surface area contributed by atoms with Crippen LogP contribution in [0.2, 0.25) is 0 Å². The fraction of sp³-hybridized carbons (Fsp3) is 0.286. The van der Waals surface area contributed by atoms with Crippen LogP contribution in [-0.2, 0) is 6.54 Å². The van der Waals surface area contributed by atoms with E-state index in [1.165, 1.54) is 18.1 Å². The Balaban J connectivity index is 1.55. The number of H-pyrrole nitrogens is 1. The molecule has 1 aliphatic rings. The van der Waals surface area contributed by atoms with E-state index in [2.05, 4.69) is 37.3 Å². The molecule has 1 aliphatic heterocycles. The summed E-state index contributed by atoms with van der Waals surface area (Å²) in [6.07, 6.45) is 4.60. The number of pyridine rings is 1. The highest BCUT2D eigenvalue weighted by Crippen LogP contribution is 2.19. The average molecular weight is 361 g/mol. The Kier molecular flexibility index (Phi) is 5.37. The topological polar surface area (TPSA) is 73.9 Å². The van der Waals surface area contributed by atoms with Gasteiger partial charge in [-0.15, -0.1) is 0 Å². The van der Waals surface area contributed by atoms with Crippen LogP contribution < -0.4 is 10.9 Å². The van der Waals surface area contributed by atoms with Crippen LogP contribution in [0.25, 0.3) is 22.6 Å². The predicted molar refractivity (Wildman–Crippen MR) is 106 cm³/mol. The zero-order chi connectivity index (χ0) is 18.5. The summed E-state index contributed by atoms with van der Waals surface area (Å²) in [5.41, 5.74) is 3.46. The lowest BCUT2D eigenvalue weighted by Gasteiger charge is -2.19. The van der Waals surface area contributed by atoms with Gasteiger partial charge in [0.25, 0.3) is 5.56 Å². The van der Waals surface area contributed by atoms with Crippen LogP contribution in [0.5, 0.6) is 0 Å². The average Bonchev–Trinajstić information content (AvgIpc) is 2.97. The molecule has 0 atom stereocenters. The summed E-state index contributed by atoms with van der Waals surface area (Å²) >= 11 is 0. The van der Waals surface area contributed by atoms with E-state index in [0.717, 1.165) is 43.9 Å². The molecule has 2 N–H and O–H groups in total. The van der Waals surface area contributed by atoms with Crippen LogP contribution in [0.3, 0.4) is 0 Å². The number of nitrogens with zero attached hydrogens (tertiary/aromatic N) is 3. The van der Waals surface area contributed by atoms with Crippen LogP contribution in [0.1, 0.15) is 12.0 Å². The lowest BCUT2D eigenvalue weighted by molar-refractivity contribution is 0.284. The Morgan fingerprint density at radius 1 is 1.04 bits per heavy atom. The molecule has 2 aromatic heterocycles. The lowest BCUT2D eigenvalue weighted by atomic mass is 10.1. The second-order valence-corrected chi connectivity index (χ2v) is 6.80. The highest BCUT2D eigenvalue weighted by atomic mass is 16.1. The molecule has 138 valence electrons. The van der Waals surface area contributed by atoms with Crippen LogP contribution in [0, 0.1) is 0 Å². The van der Waals surface area contributed by atoms with Crippen LogP contribution in [0.4, 0.5) is 0 Å². The highest BCUT2D eigenvalue weighted by molar-refractivity contribution is 5.62. The first-order chi connectivity index (χ1) is 13.3. The van der Waals surface area contributed by atoms with Gasteiger partial charge in [-0.2, -0.15) is 0 Å². The molecule has 6 heteroatoms. The molecular formula is C21H23N5O. The van der Waals surface area contributed by atoms with Crippen molar-refractivity contribution in [3.05, 3.63) is 70.8 Å². The zero-order valence-corrected chi connectivity index (χ0v) is 15.2. The molecule has 0 radical (unpaired) electrons. The van der Waals surface area contributed by atoms with Gasteiger partial charge in [-0.3, -0.25) is 14.7 Å². The molecule has 0 unspecified atom stereocenters. The van der Waals surface area contributed by atoms with E-state index < -0.39 is 0 Å². The van der Waals surface area contributed by atoms with Crippen LogP contribution in [0.15, 0.2) is 59.7 Å². The maximum absolute atomic E-state index is 12.1. The van der Waals surface area contributed by atoms with Crippen LogP contribution in [-0.4, -0.2) is 46.0 Å². The molecule has 1 aromatic carbocycles. The Morgan fingerprint density at radius 3 is 2.74 bits per heavy atom. The van der Waals surface area contributed by atoms with E-state index in [-0.39, 0.29) is 5.56 Å². The molecule has 6 nitrogen and oxygen atoms in total. The number of aromatic amines is 1. The first-order valence-corrected chi connectivity index (χ1v) is 9.32. The van der Waals surface area contributed by atoms with Gasteiger partial charge < -0.3 is 10.3 Å². The van der Waals surface area contributed by atoms with Gasteiger partial charge in [0, 0.05) is 49.2 Å². The van der Waals surface area contributed by atoms with Crippen molar-refractivity contribution in [3.63, 3.8) is 0 Å². The van der Waals surface area contributed by atoms with E-state index in [1.54, 1.807) is 12.4 Å². The number of benzene rings is 1. The van der Waals surface area contributed by atoms with Crippen molar-refractivity contribution in [3.8, 4) is 22.6 Å². The Hall–Kier alpha value is -2.83. The van der Waals surface area contributed by atoms with Gasteiger partial charge >= 0.3 is 0 Å². The number of nitrogens with one attached hydrogen (secondary N) is 2. The normalized spacial score (nSPS) is 15.4. The molecule has 0 amide bonds. The first-order valence-electron chi connectivity index (χ1n) is 9.32. The highest BCUT2D eigenvalue weighted by Gasteiger charge is 2.10. The molecular weight excluding hydrogens is 338 g/mol. The van der Waals surface area contributed by atoms with Crippen molar-refractivity contribution in [2.75, 3.05) is 26.2 Å². The van der Waals surface area contributed by atoms with Gasteiger partial charge in [-0.1, -0.05) is 24.3 Å². The smallest absolute Gasteiger partial charge is 0.251 e. The number of hydrogen-bond acceptors (Lipinski definition) is 5. The minimum absolute atomic E-state index is 0.167. The Labute approximate surface area is 158 Å². The summed E-state index contributed by atoms with van der Waals surface area (Å²) in [7, 11) is 0. The van der Waals surface area contributed by atoms with Crippen molar-refractivity contribution < 1.29 is 0 Å². The largest absolute Gasteiger partial charge is 0.315 e. The second kappa shape index (κ2) is 8.24. The Morgan fingerprint density at radius 2 is 1.93 bits per heavy atom. The molecule has 0 bridgehead atoms. The van der Waals surface area contributed by atoms with Crippen molar-refractivity contribution in [1.29, 1.82) is 0 Å². The quantitative estimate of drug-likeness (QED) is 0.746. The molecule has 0 saturated carbocycles. The minimum atomic E-state index is -0.167. The lowest BCUT2D eigenvalue weighted by Crippen LogP contribution is -2.27. The molecule has 27 heavy (non-hydrogen) atoms. The summed E-state index contributed by atoms with van der Waals surface area (Å²) in [6.45, 7) is 5.29. The van der Waals surface area contributed by atoms with Crippen molar-refractivity contribution in [2.24, 2.45) is 0 Å². The van der Waals surface area contributed by atoms with E-state index in [9.17, 15) is 4.79 Å². The summed E-state index contributed by atoms with van der Waals surface area (Å²) in [6, 6.07) is 13.5. The van der Waals surface area contributed by atoms with E-state index in [4.69, 9.17) is 0 Å². The van der Waals surface area contributed by atoms with Gasteiger partial charge in [0.05, 0.1) is 5.69 Å². The standard InChI is InChI=1S/C21H23N5O/c27-20-13-19(18-3-1-8-23-14-18)24-21(25-20)17-6-4-16(5-7-17)15-26-11-2-9-22-10-12-26/h1,3-8,13-14,22H,2,9-12,15H2,(H,24,25,27). The van der Waals surface area contributed by atoms with Crippen molar-refractivity contribution >= 4 is 0 Å². The van der Waals surface area contributed by atoms with E-state index in [1.807, 2.05) is 24.3 Å². The summed E-state index contributed by atoms with van der Waals surface area (Å²) in [4.78, 5) is 26.1. The summed E-state index contributed by atoms with van der Waals surface area (Å²) in [5.74, 6) is 0.576. The molecule has 1 saturated heterocycles. The Bertz CT molecular complexity index is 929. The summed E-state index contributed by atoms with van der Waals surface area (Å²) in [5, 5.41) is 3.43. The van der Waals surface area contributed by atoms with Gasteiger partial charge in [0.15, 0.2) is 0 Å². The number of rotatable bonds is 4. The number of hydrogen-bond donors (Lipinski definition) is 2. The predicted octanol–water partition coefficient (Wildman–Crippen LogP) is 2.29. The maximum Gasteiger partial charge on any atom is 0.251 e. The first kappa shape index (κ1) is 17.6. The molecule has 1 fully saturated rings. The minimum Gasteiger partial charge on any atom is -0.315 e. The third-order valence-corrected chi connectivity index (χ3v) is 4.77. The number of aromatic nitrogens is 3. The monoisotopic (exact) mass is 361 g/mol. The molecule has 3 aromatic rings. The molecule has 0 aliphatic carbocycles. The van der Waals surface area contributed by atoms with Gasteiger partial charge in [-0.05, 0) is 37.2 Å². The van der Waals surface area contributed by atoms with Crippen molar-refractivity contribution in [2.45, 2.75) is 13.0 Å². The zero-order valence-electron chi connectivity index (χ0n) is 15.2. The van der Waals surface area contributed by atoms with Crippen molar-refractivity contribution in [1.82, 2.24) is 25.2 Å². The van der Waals surface area contributed by atoms with E-state index in [0.29, 0.717) is 11.5 Å². The fourth-order valence-corrected chi connectivity index (χ4v) is 3.34.